The maximum absolute atomic E-state index is 5.70. The molecule has 0 aromatic heterocycles. The summed E-state index contributed by atoms with van der Waals surface area (Å²) in [5.74, 6) is 6.41. The van der Waals surface area contributed by atoms with Gasteiger partial charge in [0, 0.05) is 16.8 Å². The van der Waals surface area contributed by atoms with Crippen LogP contribution in [0.5, 0.6) is 0 Å². The lowest BCUT2D eigenvalue weighted by Gasteiger charge is -2.04. The molecule has 4 aromatic carbocycles. The minimum atomic E-state index is 0.755. The van der Waals surface area contributed by atoms with Gasteiger partial charge in [0.05, 0.1) is 0 Å². The van der Waals surface area contributed by atoms with Crippen LogP contribution >= 0.6 is 0 Å². The van der Waals surface area contributed by atoms with E-state index in [1.807, 2.05) is 30.3 Å². The van der Waals surface area contributed by atoms with E-state index in [-0.39, 0.29) is 0 Å². The van der Waals surface area contributed by atoms with Gasteiger partial charge in [-0.25, -0.2) is 0 Å². The first kappa shape index (κ1) is 15.1. The minimum absolute atomic E-state index is 0.755. The number of nitrogen functional groups attached to an aromatic ring is 1. The summed E-state index contributed by atoms with van der Waals surface area (Å²) in [5.41, 5.74) is 10.9. The van der Waals surface area contributed by atoms with Crippen molar-refractivity contribution in [2.75, 3.05) is 5.73 Å². The fourth-order valence-corrected chi connectivity index (χ4v) is 2.84. The molecular weight excluding hydrogens is 302 g/mol. The van der Waals surface area contributed by atoms with E-state index < -0.39 is 0 Å². The first-order valence-electron chi connectivity index (χ1n) is 8.25. The lowest BCUT2D eigenvalue weighted by Crippen LogP contribution is -1.83. The molecule has 0 aliphatic rings. The minimum Gasteiger partial charge on any atom is -0.399 e. The highest BCUT2D eigenvalue weighted by Crippen LogP contribution is 2.25. The molecule has 118 valence electrons. The zero-order valence-electron chi connectivity index (χ0n) is 13.7. The molecule has 0 radical (unpaired) electrons. The van der Waals surface area contributed by atoms with E-state index in [1.54, 1.807) is 0 Å². The van der Waals surface area contributed by atoms with E-state index in [0.717, 1.165) is 16.8 Å². The average molecular weight is 319 g/mol. The topological polar surface area (TPSA) is 26.0 Å². The number of anilines is 1. The van der Waals surface area contributed by atoms with Gasteiger partial charge in [0.15, 0.2) is 0 Å². The summed E-state index contributed by atoms with van der Waals surface area (Å²) in [5, 5.41) is 2.42. The molecule has 0 spiro atoms. The molecule has 0 aliphatic heterocycles. The Morgan fingerprint density at radius 3 is 1.96 bits per heavy atom. The Hall–Kier alpha value is -3.50. The van der Waals surface area contributed by atoms with Crippen molar-refractivity contribution in [2.45, 2.75) is 0 Å². The van der Waals surface area contributed by atoms with E-state index >= 15 is 0 Å². The van der Waals surface area contributed by atoms with Gasteiger partial charge in [0.2, 0.25) is 0 Å². The maximum atomic E-state index is 5.70. The Kier molecular flexibility index (Phi) is 3.94. The molecule has 2 N–H and O–H groups in total. The summed E-state index contributed by atoms with van der Waals surface area (Å²) >= 11 is 0. The molecule has 1 heteroatoms. The third kappa shape index (κ3) is 3.39. The molecule has 0 unspecified atom stereocenters. The summed E-state index contributed by atoms with van der Waals surface area (Å²) < 4.78 is 0. The zero-order chi connectivity index (χ0) is 17.1. The largest absolute Gasteiger partial charge is 0.399 e. The molecule has 0 amide bonds. The number of fused-ring (bicyclic) bond motifs is 1. The standard InChI is InChI=1S/C24H17N/c25-24-14-9-18(10-15-24)6-7-19-8-11-23-17-22(13-12-21(23)16-19)20-4-2-1-3-5-20/h1-5,8-17H,25H2. The molecule has 0 heterocycles. The van der Waals surface area contributed by atoms with Gasteiger partial charge in [-0.3, -0.25) is 0 Å². The Morgan fingerprint density at radius 2 is 1.16 bits per heavy atom. The second-order valence-corrected chi connectivity index (χ2v) is 6.01. The third-order valence-corrected chi connectivity index (χ3v) is 4.21. The van der Waals surface area contributed by atoms with Crippen molar-refractivity contribution in [1.29, 1.82) is 0 Å². The van der Waals surface area contributed by atoms with Crippen LogP contribution < -0.4 is 5.73 Å². The van der Waals surface area contributed by atoms with Crippen molar-refractivity contribution in [3.63, 3.8) is 0 Å². The van der Waals surface area contributed by atoms with Crippen LogP contribution in [0.2, 0.25) is 0 Å². The predicted octanol–water partition coefficient (Wildman–Crippen LogP) is 5.49. The fraction of sp³-hybridized carbons (Fsp3) is 0. The van der Waals surface area contributed by atoms with Crippen LogP contribution in [-0.4, -0.2) is 0 Å². The van der Waals surface area contributed by atoms with Crippen LogP contribution in [0, 0.1) is 11.8 Å². The first-order chi connectivity index (χ1) is 12.3. The van der Waals surface area contributed by atoms with Crippen LogP contribution in [0.1, 0.15) is 11.1 Å². The van der Waals surface area contributed by atoms with Gasteiger partial charge in [-0.2, -0.15) is 0 Å². The highest BCUT2D eigenvalue weighted by molar-refractivity contribution is 5.88. The highest BCUT2D eigenvalue weighted by atomic mass is 14.5. The number of rotatable bonds is 1. The van der Waals surface area contributed by atoms with Gasteiger partial charge in [0.1, 0.15) is 0 Å². The number of hydrogen-bond acceptors (Lipinski definition) is 1. The van der Waals surface area contributed by atoms with Crippen molar-refractivity contribution < 1.29 is 0 Å². The van der Waals surface area contributed by atoms with Crippen LogP contribution in [-0.2, 0) is 0 Å². The number of nitrogens with two attached hydrogens (primary N) is 1. The molecule has 4 aromatic rings. The normalized spacial score (nSPS) is 10.2. The SMILES string of the molecule is Nc1ccc(C#Cc2ccc3cc(-c4ccccc4)ccc3c2)cc1. The van der Waals surface area contributed by atoms with Gasteiger partial charge < -0.3 is 5.73 Å². The lowest BCUT2D eigenvalue weighted by atomic mass is 10.00. The van der Waals surface area contributed by atoms with Gasteiger partial charge in [-0.15, -0.1) is 0 Å². The van der Waals surface area contributed by atoms with Crippen molar-refractivity contribution >= 4 is 16.5 Å². The monoisotopic (exact) mass is 319 g/mol. The van der Waals surface area contributed by atoms with Crippen LogP contribution in [0.25, 0.3) is 21.9 Å². The summed E-state index contributed by atoms with van der Waals surface area (Å²) in [6.45, 7) is 0. The fourth-order valence-electron chi connectivity index (χ4n) is 2.84. The molecule has 0 atom stereocenters. The van der Waals surface area contributed by atoms with E-state index in [1.165, 1.54) is 21.9 Å². The van der Waals surface area contributed by atoms with Crippen molar-refractivity contribution in [3.8, 4) is 23.0 Å². The Bertz CT molecular complexity index is 1080. The van der Waals surface area contributed by atoms with E-state index in [4.69, 9.17) is 5.73 Å². The first-order valence-corrected chi connectivity index (χ1v) is 8.25. The lowest BCUT2D eigenvalue weighted by molar-refractivity contribution is 1.62. The molecule has 0 saturated carbocycles. The quantitative estimate of drug-likeness (QED) is 0.364. The second kappa shape index (κ2) is 6.55. The molecule has 0 fully saturated rings. The van der Waals surface area contributed by atoms with E-state index in [0.29, 0.717) is 0 Å². The molecule has 25 heavy (non-hydrogen) atoms. The summed E-state index contributed by atoms with van der Waals surface area (Å²) in [7, 11) is 0. The highest BCUT2D eigenvalue weighted by Gasteiger charge is 2.00. The molecule has 0 aliphatic carbocycles. The average Bonchev–Trinajstić information content (AvgIpc) is 2.68. The van der Waals surface area contributed by atoms with Gasteiger partial charge >= 0.3 is 0 Å². The molecule has 1 nitrogen and oxygen atoms in total. The van der Waals surface area contributed by atoms with E-state index in [2.05, 4.69) is 72.5 Å². The Balaban J connectivity index is 1.66. The van der Waals surface area contributed by atoms with Gasteiger partial charge in [-0.05, 0) is 64.4 Å². The molecule has 0 saturated heterocycles. The summed E-state index contributed by atoms with van der Waals surface area (Å²) in [6.07, 6.45) is 0. The smallest absolute Gasteiger partial charge is 0.0314 e. The zero-order valence-corrected chi connectivity index (χ0v) is 13.7. The van der Waals surface area contributed by atoms with Crippen molar-refractivity contribution in [3.05, 3.63) is 102 Å². The molecule has 4 rings (SSSR count). The summed E-state index contributed by atoms with van der Waals surface area (Å²) in [4.78, 5) is 0. The maximum Gasteiger partial charge on any atom is 0.0314 e. The summed E-state index contributed by atoms with van der Waals surface area (Å²) in [6, 6.07) is 30.9. The van der Waals surface area contributed by atoms with E-state index in [9.17, 15) is 0 Å². The van der Waals surface area contributed by atoms with Crippen LogP contribution in [0.3, 0.4) is 0 Å². The van der Waals surface area contributed by atoms with Gasteiger partial charge in [0.25, 0.3) is 0 Å². The molecule has 0 bridgehead atoms. The molecular formula is C24H17N. The predicted molar refractivity (Wildman–Crippen MR) is 106 cm³/mol. The van der Waals surface area contributed by atoms with Gasteiger partial charge in [-0.1, -0.05) is 60.4 Å². The second-order valence-electron chi connectivity index (χ2n) is 6.01. The number of benzene rings is 4. The Labute approximate surface area is 147 Å². The Morgan fingerprint density at radius 1 is 0.520 bits per heavy atom. The van der Waals surface area contributed by atoms with Crippen LogP contribution in [0.15, 0.2) is 91.0 Å². The number of hydrogen-bond donors (Lipinski definition) is 1. The third-order valence-electron chi connectivity index (χ3n) is 4.21. The van der Waals surface area contributed by atoms with Crippen LogP contribution in [0.4, 0.5) is 5.69 Å². The van der Waals surface area contributed by atoms with Crippen molar-refractivity contribution in [2.24, 2.45) is 0 Å². The van der Waals surface area contributed by atoms with Crippen molar-refractivity contribution in [1.82, 2.24) is 0 Å².